The van der Waals surface area contributed by atoms with Crippen LogP contribution in [0.1, 0.15) is 33.1 Å². The van der Waals surface area contributed by atoms with Crippen molar-refractivity contribution in [3.8, 4) is 0 Å². The normalized spacial score (nSPS) is 22.1. The molecule has 52 valence electrons. The van der Waals surface area contributed by atoms with Crippen LogP contribution in [0.2, 0.25) is 0 Å². The second kappa shape index (κ2) is 2.13. The van der Waals surface area contributed by atoms with Crippen molar-refractivity contribution >= 4 is 6.29 Å². The molecule has 0 radical (unpaired) electrons. The quantitative estimate of drug-likeness (QED) is 0.529. The Kier molecular flexibility index (Phi) is 1.60. The summed E-state index contributed by atoms with van der Waals surface area (Å²) < 4.78 is 0. The second-order valence-electron chi connectivity index (χ2n) is 3.58. The topological polar surface area (TPSA) is 17.1 Å². The standard InChI is InChI=1S/C8H14O/c1-7(2)5-8(6-9)3-4-8/h6-7H,3-5H2,1-2H3. The summed E-state index contributed by atoms with van der Waals surface area (Å²) in [5, 5.41) is 0. The van der Waals surface area contributed by atoms with Gasteiger partial charge in [-0.15, -0.1) is 0 Å². The van der Waals surface area contributed by atoms with Crippen molar-refractivity contribution < 1.29 is 4.79 Å². The van der Waals surface area contributed by atoms with E-state index in [4.69, 9.17) is 0 Å². The maximum Gasteiger partial charge on any atom is 0.126 e. The van der Waals surface area contributed by atoms with E-state index in [-0.39, 0.29) is 5.41 Å². The van der Waals surface area contributed by atoms with Crippen LogP contribution in [-0.4, -0.2) is 6.29 Å². The van der Waals surface area contributed by atoms with E-state index in [0.717, 1.165) is 25.5 Å². The number of carbonyl (C=O) groups excluding carboxylic acids is 1. The van der Waals surface area contributed by atoms with Crippen LogP contribution >= 0.6 is 0 Å². The maximum absolute atomic E-state index is 10.4. The predicted molar refractivity (Wildman–Crippen MR) is 37.2 cm³/mol. The lowest BCUT2D eigenvalue weighted by atomic mass is 9.96. The molecule has 1 aliphatic rings. The van der Waals surface area contributed by atoms with Gasteiger partial charge >= 0.3 is 0 Å². The molecule has 0 heterocycles. The number of carbonyl (C=O) groups is 1. The van der Waals surface area contributed by atoms with Gasteiger partial charge < -0.3 is 4.79 Å². The Labute approximate surface area is 56.4 Å². The van der Waals surface area contributed by atoms with Crippen LogP contribution in [0.15, 0.2) is 0 Å². The zero-order valence-electron chi connectivity index (χ0n) is 6.18. The van der Waals surface area contributed by atoms with Crippen LogP contribution < -0.4 is 0 Å². The Morgan fingerprint density at radius 1 is 1.56 bits per heavy atom. The minimum Gasteiger partial charge on any atom is -0.303 e. The van der Waals surface area contributed by atoms with E-state index < -0.39 is 0 Å². The second-order valence-corrected chi connectivity index (χ2v) is 3.58. The number of hydrogen-bond acceptors (Lipinski definition) is 1. The average molecular weight is 126 g/mol. The van der Waals surface area contributed by atoms with Crippen LogP contribution in [0.3, 0.4) is 0 Å². The Hall–Kier alpha value is -0.330. The monoisotopic (exact) mass is 126 g/mol. The lowest BCUT2D eigenvalue weighted by Gasteiger charge is -2.08. The van der Waals surface area contributed by atoms with Gasteiger partial charge in [0.2, 0.25) is 0 Å². The molecule has 0 aromatic rings. The van der Waals surface area contributed by atoms with E-state index >= 15 is 0 Å². The Morgan fingerprint density at radius 2 is 2.11 bits per heavy atom. The Morgan fingerprint density at radius 3 is 2.22 bits per heavy atom. The molecule has 0 atom stereocenters. The molecule has 1 aliphatic carbocycles. The Balaban J connectivity index is 2.33. The molecule has 0 aromatic heterocycles. The fraction of sp³-hybridized carbons (Fsp3) is 0.875. The first kappa shape index (κ1) is 6.79. The molecule has 0 unspecified atom stereocenters. The molecule has 1 saturated carbocycles. The Bertz CT molecular complexity index is 112. The molecule has 0 aromatic carbocycles. The van der Waals surface area contributed by atoms with Crippen molar-refractivity contribution in [2.24, 2.45) is 11.3 Å². The first-order valence-electron chi connectivity index (χ1n) is 3.65. The highest BCUT2D eigenvalue weighted by atomic mass is 16.1. The summed E-state index contributed by atoms with van der Waals surface area (Å²) in [7, 11) is 0. The molecular weight excluding hydrogens is 112 g/mol. The third kappa shape index (κ3) is 1.54. The first-order valence-corrected chi connectivity index (χ1v) is 3.65. The summed E-state index contributed by atoms with van der Waals surface area (Å²) in [5.74, 6) is 0.678. The SMILES string of the molecule is CC(C)CC1(C=O)CC1. The average Bonchev–Trinajstić information content (AvgIpc) is 2.48. The van der Waals surface area contributed by atoms with Gasteiger partial charge in [-0.05, 0) is 25.2 Å². The van der Waals surface area contributed by atoms with E-state index in [1.807, 2.05) is 0 Å². The van der Waals surface area contributed by atoms with Gasteiger partial charge in [-0.1, -0.05) is 13.8 Å². The largest absolute Gasteiger partial charge is 0.303 e. The minimum atomic E-state index is 0.133. The lowest BCUT2D eigenvalue weighted by molar-refractivity contribution is -0.112. The number of aldehydes is 1. The molecule has 0 amide bonds. The number of hydrogen-bond donors (Lipinski definition) is 0. The molecule has 0 aliphatic heterocycles. The van der Waals surface area contributed by atoms with Crippen LogP contribution in [0.25, 0.3) is 0 Å². The molecule has 1 rings (SSSR count). The molecule has 0 bridgehead atoms. The number of rotatable bonds is 3. The highest BCUT2D eigenvalue weighted by Crippen LogP contribution is 2.48. The zero-order chi connectivity index (χ0) is 6.91. The van der Waals surface area contributed by atoms with Crippen molar-refractivity contribution in [3.05, 3.63) is 0 Å². The molecule has 1 fully saturated rings. The summed E-state index contributed by atoms with van der Waals surface area (Å²) in [6, 6.07) is 0. The van der Waals surface area contributed by atoms with Crippen LogP contribution in [0, 0.1) is 11.3 Å². The van der Waals surface area contributed by atoms with Gasteiger partial charge in [0, 0.05) is 5.41 Å². The van der Waals surface area contributed by atoms with Gasteiger partial charge in [0.05, 0.1) is 0 Å². The van der Waals surface area contributed by atoms with Gasteiger partial charge in [-0.25, -0.2) is 0 Å². The van der Waals surface area contributed by atoms with Crippen molar-refractivity contribution in [1.82, 2.24) is 0 Å². The highest BCUT2D eigenvalue weighted by molar-refractivity contribution is 5.63. The van der Waals surface area contributed by atoms with E-state index in [0.29, 0.717) is 5.92 Å². The minimum absolute atomic E-state index is 0.133. The van der Waals surface area contributed by atoms with Crippen LogP contribution in [0.4, 0.5) is 0 Å². The molecule has 1 heteroatoms. The van der Waals surface area contributed by atoms with E-state index in [9.17, 15) is 4.79 Å². The zero-order valence-corrected chi connectivity index (χ0v) is 6.18. The van der Waals surface area contributed by atoms with Crippen molar-refractivity contribution in [2.75, 3.05) is 0 Å². The fourth-order valence-corrected chi connectivity index (χ4v) is 1.34. The highest BCUT2D eigenvalue weighted by Gasteiger charge is 2.42. The van der Waals surface area contributed by atoms with Crippen LogP contribution in [-0.2, 0) is 4.79 Å². The van der Waals surface area contributed by atoms with Gasteiger partial charge in [0.25, 0.3) is 0 Å². The molecule has 1 nitrogen and oxygen atoms in total. The summed E-state index contributed by atoms with van der Waals surface area (Å²) in [5.41, 5.74) is 0.133. The van der Waals surface area contributed by atoms with Crippen molar-refractivity contribution in [3.63, 3.8) is 0 Å². The summed E-state index contributed by atoms with van der Waals surface area (Å²) in [6.07, 6.45) is 4.51. The lowest BCUT2D eigenvalue weighted by Crippen LogP contribution is -2.05. The smallest absolute Gasteiger partial charge is 0.126 e. The summed E-state index contributed by atoms with van der Waals surface area (Å²) in [4.78, 5) is 10.4. The molecule has 0 spiro atoms. The van der Waals surface area contributed by atoms with E-state index in [1.165, 1.54) is 0 Å². The van der Waals surface area contributed by atoms with Crippen molar-refractivity contribution in [1.29, 1.82) is 0 Å². The molecule has 9 heavy (non-hydrogen) atoms. The first-order chi connectivity index (χ1) is 4.18. The molecule has 0 N–H and O–H groups in total. The molecular formula is C8H14O. The van der Waals surface area contributed by atoms with Crippen molar-refractivity contribution in [2.45, 2.75) is 33.1 Å². The van der Waals surface area contributed by atoms with Gasteiger partial charge in [-0.2, -0.15) is 0 Å². The maximum atomic E-state index is 10.4. The van der Waals surface area contributed by atoms with E-state index in [2.05, 4.69) is 13.8 Å². The van der Waals surface area contributed by atoms with Gasteiger partial charge in [0.15, 0.2) is 0 Å². The molecule has 0 saturated heterocycles. The summed E-state index contributed by atoms with van der Waals surface area (Å²) in [6.45, 7) is 4.34. The van der Waals surface area contributed by atoms with E-state index in [1.54, 1.807) is 0 Å². The predicted octanol–water partition coefficient (Wildman–Crippen LogP) is 2.01. The third-order valence-electron chi connectivity index (χ3n) is 1.96. The van der Waals surface area contributed by atoms with Gasteiger partial charge in [0.1, 0.15) is 6.29 Å². The fourth-order valence-electron chi connectivity index (χ4n) is 1.34. The van der Waals surface area contributed by atoms with Crippen LogP contribution in [0.5, 0.6) is 0 Å². The van der Waals surface area contributed by atoms with Gasteiger partial charge in [-0.3, -0.25) is 0 Å². The third-order valence-corrected chi connectivity index (χ3v) is 1.96. The summed E-state index contributed by atoms with van der Waals surface area (Å²) >= 11 is 0.